The van der Waals surface area contributed by atoms with Gasteiger partial charge >= 0.3 is 17.9 Å². The van der Waals surface area contributed by atoms with E-state index in [1.807, 2.05) is 41.5 Å². The highest BCUT2D eigenvalue weighted by atomic mass is 16.5. The van der Waals surface area contributed by atoms with Crippen LogP contribution in [0, 0.1) is 20.8 Å². The van der Waals surface area contributed by atoms with Crippen molar-refractivity contribution in [3.63, 3.8) is 0 Å². The van der Waals surface area contributed by atoms with E-state index in [9.17, 15) is 29.4 Å². The van der Waals surface area contributed by atoms with Crippen LogP contribution in [0.5, 0.6) is 0 Å². The van der Waals surface area contributed by atoms with Crippen LogP contribution in [0.2, 0.25) is 0 Å². The lowest BCUT2D eigenvalue weighted by Crippen LogP contribution is -2.33. The fraction of sp³-hybridized carbons (Fsp3) is 0.545. The number of rotatable bonds is 5. The van der Waals surface area contributed by atoms with Gasteiger partial charge in [-0.15, -0.1) is 0 Å². The van der Waals surface area contributed by atoms with Crippen LogP contribution in [0.4, 0.5) is 5.69 Å². The molecule has 0 bridgehead atoms. The number of amides is 1. The molecule has 0 atom stereocenters. The number of carboxylic acids is 2. The monoisotopic (exact) mass is 427 g/mol. The van der Waals surface area contributed by atoms with Crippen LogP contribution in [0.3, 0.4) is 0 Å². The summed E-state index contributed by atoms with van der Waals surface area (Å²) in [5, 5.41) is 18.8. The van der Waals surface area contributed by atoms with E-state index in [1.54, 1.807) is 0 Å². The molecule has 8 nitrogen and oxygen atoms in total. The molecule has 0 heterocycles. The Bertz CT molecular complexity index is 698. The van der Waals surface area contributed by atoms with Crippen LogP contribution < -0.4 is 4.90 Å². The number of benzene rings is 1. The molecule has 30 heavy (non-hydrogen) atoms. The van der Waals surface area contributed by atoms with E-state index in [2.05, 4.69) is 4.74 Å². The summed E-state index contributed by atoms with van der Waals surface area (Å²) in [6, 6.07) is 0. The maximum Gasteiger partial charge on any atom is 0.336 e. The number of carbonyl (C=O) groups is 4. The Kier molecular flexibility index (Phi) is 16.9. The third-order valence-electron chi connectivity index (χ3n) is 3.75. The van der Waals surface area contributed by atoms with Gasteiger partial charge < -0.3 is 19.8 Å². The van der Waals surface area contributed by atoms with Crippen molar-refractivity contribution in [1.82, 2.24) is 0 Å². The summed E-state index contributed by atoms with van der Waals surface area (Å²) in [5.41, 5.74) is 0.491. The number of likely N-dealkylation sites (N-methyl/N-ethyl adjacent to an activating group) is 1. The van der Waals surface area contributed by atoms with E-state index in [0.717, 1.165) is 11.8 Å². The molecular formula is C22H37NO7. The molecule has 2 N–H and O–H groups in total. The van der Waals surface area contributed by atoms with Gasteiger partial charge in [0.05, 0.1) is 16.8 Å². The Morgan fingerprint density at radius 2 is 1.10 bits per heavy atom. The molecule has 0 unspecified atom stereocenters. The molecule has 0 aliphatic rings. The first-order valence-electron chi connectivity index (χ1n) is 10.0. The second-order valence-corrected chi connectivity index (χ2v) is 5.32. The zero-order valence-corrected chi connectivity index (χ0v) is 20.1. The average Bonchev–Trinajstić information content (AvgIpc) is 2.69. The molecule has 8 heteroatoms. The van der Waals surface area contributed by atoms with Crippen LogP contribution in [-0.2, 0) is 14.3 Å². The summed E-state index contributed by atoms with van der Waals surface area (Å²) in [6.07, 6.45) is 0. The molecular weight excluding hydrogens is 390 g/mol. The summed E-state index contributed by atoms with van der Waals surface area (Å²) in [6.45, 7) is 17.0. The molecule has 1 aromatic carbocycles. The fourth-order valence-corrected chi connectivity index (χ4v) is 2.74. The van der Waals surface area contributed by atoms with Crippen molar-refractivity contribution < 1.29 is 34.1 Å². The van der Waals surface area contributed by atoms with Crippen LogP contribution in [0.1, 0.15) is 85.9 Å². The lowest BCUT2D eigenvalue weighted by molar-refractivity contribution is -0.145. The standard InChI is InChI=1S/C16H19NO7.3C2H6/c1-7-12(15(20)21)8(2)14(9(3)13(7)16(22)23)17(5)11(19)6-24-10(4)18;3*1-2/h6H2,1-5H3,(H,20,21)(H,22,23);3*1-2H3. The SMILES string of the molecule is CC.CC.CC.CC(=O)OCC(=O)N(C)c1c(C)c(C(=O)O)c(C)c(C(=O)O)c1C. The molecule has 1 amide bonds. The van der Waals surface area contributed by atoms with Crippen molar-refractivity contribution in [3.05, 3.63) is 27.8 Å². The molecule has 0 aliphatic carbocycles. The summed E-state index contributed by atoms with van der Waals surface area (Å²) in [7, 11) is 1.37. The summed E-state index contributed by atoms with van der Waals surface area (Å²) < 4.78 is 4.64. The van der Waals surface area contributed by atoms with E-state index in [0.29, 0.717) is 0 Å². The number of anilines is 1. The number of hydrogen-bond donors (Lipinski definition) is 2. The number of nitrogens with zero attached hydrogens (tertiary/aromatic N) is 1. The molecule has 172 valence electrons. The number of aromatic carboxylic acids is 2. The van der Waals surface area contributed by atoms with Crippen molar-refractivity contribution in [2.45, 2.75) is 69.2 Å². The molecule has 0 aliphatic heterocycles. The normalized spacial score (nSPS) is 8.77. The number of hydrogen-bond acceptors (Lipinski definition) is 5. The van der Waals surface area contributed by atoms with E-state index in [4.69, 9.17) is 0 Å². The third-order valence-corrected chi connectivity index (χ3v) is 3.75. The van der Waals surface area contributed by atoms with Crippen LogP contribution >= 0.6 is 0 Å². The fourth-order valence-electron chi connectivity index (χ4n) is 2.74. The van der Waals surface area contributed by atoms with Crippen LogP contribution in [0.15, 0.2) is 0 Å². The minimum Gasteiger partial charge on any atom is -0.478 e. The molecule has 1 rings (SSSR count). The first kappa shape index (κ1) is 31.8. The summed E-state index contributed by atoms with van der Waals surface area (Å²) in [5.74, 6) is -3.80. The maximum atomic E-state index is 12.2. The van der Waals surface area contributed by atoms with Crippen molar-refractivity contribution in [2.75, 3.05) is 18.6 Å². The van der Waals surface area contributed by atoms with E-state index in [1.165, 1.54) is 27.8 Å². The minimum atomic E-state index is -1.28. The molecule has 1 aromatic rings. The Morgan fingerprint density at radius 3 is 1.37 bits per heavy atom. The van der Waals surface area contributed by atoms with Gasteiger partial charge in [0, 0.05) is 14.0 Å². The first-order chi connectivity index (χ1) is 14.0. The van der Waals surface area contributed by atoms with Gasteiger partial charge in [0.25, 0.3) is 5.91 Å². The highest BCUT2D eigenvalue weighted by molar-refractivity contribution is 6.05. The first-order valence-corrected chi connectivity index (χ1v) is 10.0. The van der Waals surface area contributed by atoms with Crippen molar-refractivity contribution in [1.29, 1.82) is 0 Å². The van der Waals surface area contributed by atoms with Gasteiger partial charge in [0.1, 0.15) is 0 Å². The quantitative estimate of drug-likeness (QED) is 0.658. The zero-order chi connectivity index (χ0) is 24.8. The van der Waals surface area contributed by atoms with Gasteiger partial charge in [-0.25, -0.2) is 9.59 Å². The molecule has 0 radical (unpaired) electrons. The second kappa shape index (κ2) is 16.0. The van der Waals surface area contributed by atoms with Crippen LogP contribution in [-0.4, -0.2) is 47.7 Å². The highest BCUT2D eigenvalue weighted by Crippen LogP contribution is 2.33. The van der Waals surface area contributed by atoms with Gasteiger partial charge in [0.2, 0.25) is 0 Å². The van der Waals surface area contributed by atoms with Crippen LogP contribution in [0.25, 0.3) is 0 Å². The van der Waals surface area contributed by atoms with Gasteiger partial charge in [-0.3, -0.25) is 9.59 Å². The Labute approximate surface area is 179 Å². The van der Waals surface area contributed by atoms with E-state index < -0.39 is 30.4 Å². The molecule has 0 spiro atoms. The summed E-state index contributed by atoms with van der Waals surface area (Å²) >= 11 is 0. The minimum absolute atomic E-state index is 0.120. The predicted molar refractivity (Wildman–Crippen MR) is 119 cm³/mol. The molecule has 0 saturated carbocycles. The molecule has 0 saturated heterocycles. The van der Waals surface area contributed by atoms with Gasteiger partial charge in [-0.05, 0) is 37.5 Å². The van der Waals surface area contributed by atoms with Crippen molar-refractivity contribution in [2.24, 2.45) is 0 Å². The van der Waals surface area contributed by atoms with Crippen molar-refractivity contribution in [3.8, 4) is 0 Å². The predicted octanol–water partition coefficient (Wildman–Crippen LogP) is 4.61. The smallest absolute Gasteiger partial charge is 0.336 e. The lowest BCUT2D eigenvalue weighted by Gasteiger charge is -2.25. The number of esters is 1. The average molecular weight is 428 g/mol. The number of carbonyl (C=O) groups excluding carboxylic acids is 2. The molecule has 0 aromatic heterocycles. The lowest BCUT2D eigenvalue weighted by atomic mass is 9.90. The Morgan fingerprint density at radius 1 is 0.767 bits per heavy atom. The van der Waals surface area contributed by atoms with Gasteiger partial charge in [0.15, 0.2) is 6.61 Å². The Hall–Kier alpha value is -2.90. The third kappa shape index (κ3) is 8.23. The Balaban J connectivity index is -0.00000111. The number of ether oxygens (including phenoxy) is 1. The van der Waals surface area contributed by atoms with Gasteiger partial charge in [-0.1, -0.05) is 41.5 Å². The summed E-state index contributed by atoms with van der Waals surface area (Å²) in [4.78, 5) is 47.1. The zero-order valence-electron chi connectivity index (χ0n) is 20.1. The topological polar surface area (TPSA) is 121 Å². The van der Waals surface area contributed by atoms with E-state index >= 15 is 0 Å². The second-order valence-electron chi connectivity index (χ2n) is 5.32. The van der Waals surface area contributed by atoms with Crippen molar-refractivity contribution >= 4 is 29.5 Å². The molecule has 0 fully saturated rings. The maximum absolute atomic E-state index is 12.2. The highest BCUT2D eigenvalue weighted by Gasteiger charge is 2.28. The van der Waals surface area contributed by atoms with Gasteiger partial charge in [-0.2, -0.15) is 0 Å². The largest absolute Gasteiger partial charge is 0.478 e. The van der Waals surface area contributed by atoms with E-state index in [-0.39, 0.29) is 33.5 Å². The number of carboxylic acid groups (broad SMARTS) is 2.